The molecule has 1 aliphatic rings. The Labute approximate surface area is 131 Å². The zero-order chi connectivity index (χ0) is 15.4. The summed E-state index contributed by atoms with van der Waals surface area (Å²) in [5.41, 5.74) is 3.95. The number of carbonyl (C=O) groups is 1. The van der Waals surface area contributed by atoms with Gasteiger partial charge in [-0.05, 0) is 24.1 Å². The number of hydrogen-bond donors (Lipinski definition) is 0. The molecule has 0 fully saturated rings. The lowest BCUT2D eigenvalue weighted by Gasteiger charge is -2.15. The fraction of sp³-hybridized carbons (Fsp3) is 0.150. The predicted molar refractivity (Wildman–Crippen MR) is 92.5 cm³/mol. The van der Waals surface area contributed by atoms with Gasteiger partial charge in [0.15, 0.2) is 0 Å². The first-order valence-electron chi connectivity index (χ1n) is 7.66. The number of para-hydroxylation sites is 1. The molecule has 110 valence electrons. The Morgan fingerprint density at radius 1 is 1.00 bits per heavy atom. The summed E-state index contributed by atoms with van der Waals surface area (Å²) in [5, 5.41) is 0. The van der Waals surface area contributed by atoms with Gasteiger partial charge < -0.3 is 4.90 Å². The summed E-state index contributed by atoms with van der Waals surface area (Å²) in [6, 6.07) is 18.1. The summed E-state index contributed by atoms with van der Waals surface area (Å²) in [5.74, 6) is 0.0979. The number of anilines is 1. The third kappa shape index (κ3) is 2.73. The maximum absolute atomic E-state index is 12.6. The predicted octanol–water partition coefficient (Wildman–Crippen LogP) is 4.54. The zero-order valence-electron chi connectivity index (χ0n) is 12.7. The molecule has 0 aliphatic carbocycles. The van der Waals surface area contributed by atoms with E-state index in [4.69, 9.17) is 0 Å². The highest BCUT2D eigenvalue weighted by Crippen LogP contribution is 2.36. The Balaban J connectivity index is 1.92. The van der Waals surface area contributed by atoms with Crippen molar-refractivity contribution >= 4 is 23.2 Å². The van der Waals surface area contributed by atoms with E-state index in [0.29, 0.717) is 0 Å². The van der Waals surface area contributed by atoms with Crippen LogP contribution in [0.25, 0.3) is 11.6 Å². The summed E-state index contributed by atoms with van der Waals surface area (Å²) >= 11 is 0. The van der Waals surface area contributed by atoms with Crippen molar-refractivity contribution in [3.05, 3.63) is 77.9 Å². The number of benzene rings is 2. The molecule has 3 rings (SSSR count). The van der Waals surface area contributed by atoms with Gasteiger partial charge in [-0.3, -0.25) is 4.79 Å². The monoisotopic (exact) mass is 289 g/mol. The Hall–Kier alpha value is -2.61. The average Bonchev–Trinajstić information content (AvgIpc) is 2.82. The summed E-state index contributed by atoms with van der Waals surface area (Å²) in [6.07, 6.45) is 6.84. The lowest BCUT2D eigenvalue weighted by Crippen LogP contribution is -2.26. The van der Waals surface area contributed by atoms with Gasteiger partial charge in [0, 0.05) is 17.7 Å². The van der Waals surface area contributed by atoms with Crippen LogP contribution in [0.15, 0.2) is 66.7 Å². The maximum Gasteiger partial charge on any atom is 0.258 e. The van der Waals surface area contributed by atoms with Crippen molar-refractivity contribution in [3.63, 3.8) is 0 Å². The molecule has 2 heteroatoms. The number of nitrogens with zero attached hydrogens (tertiary/aromatic N) is 1. The molecule has 1 aliphatic heterocycles. The molecule has 0 atom stereocenters. The molecule has 1 amide bonds. The highest BCUT2D eigenvalue weighted by atomic mass is 16.2. The number of hydrogen-bond acceptors (Lipinski definition) is 1. The Morgan fingerprint density at radius 3 is 2.50 bits per heavy atom. The van der Waals surface area contributed by atoms with E-state index in [1.54, 1.807) is 0 Å². The van der Waals surface area contributed by atoms with E-state index in [1.807, 2.05) is 77.7 Å². The van der Waals surface area contributed by atoms with Crippen LogP contribution in [-0.2, 0) is 4.79 Å². The first-order chi connectivity index (χ1) is 10.8. The molecule has 2 aromatic carbocycles. The van der Waals surface area contributed by atoms with E-state index < -0.39 is 0 Å². The van der Waals surface area contributed by atoms with E-state index in [2.05, 4.69) is 6.92 Å². The van der Waals surface area contributed by atoms with Crippen molar-refractivity contribution in [2.45, 2.75) is 13.3 Å². The number of amides is 1. The van der Waals surface area contributed by atoms with Gasteiger partial charge in [-0.25, -0.2) is 0 Å². The number of carbonyl (C=O) groups excluding carboxylic acids is 1. The average molecular weight is 289 g/mol. The van der Waals surface area contributed by atoms with Crippen LogP contribution < -0.4 is 4.90 Å². The fourth-order valence-electron chi connectivity index (χ4n) is 2.73. The van der Waals surface area contributed by atoms with E-state index in [-0.39, 0.29) is 5.91 Å². The SMILES string of the molecule is CCCN1C(=O)/C(=C\C=C\c2ccccc2)c2ccccc21. The number of allylic oxidation sites excluding steroid dienone is 2. The molecule has 1 heterocycles. The summed E-state index contributed by atoms with van der Waals surface area (Å²) < 4.78 is 0. The Morgan fingerprint density at radius 2 is 1.73 bits per heavy atom. The second-order valence-corrected chi connectivity index (χ2v) is 5.32. The molecule has 0 aromatic heterocycles. The van der Waals surface area contributed by atoms with Crippen LogP contribution in [0, 0.1) is 0 Å². The summed E-state index contributed by atoms with van der Waals surface area (Å²) in [6.45, 7) is 2.85. The molecule has 0 spiro atoms. The molecule has 0 unspecified atom stereocenters. The van der Waals surface area contributed by atoms with Gasteiger partial charge in [-0.15, -0.1) is 0 Å². The molecular formula is C20H19NO. The minimum Gasteiger partial charge on any atom is -0.308 e. The molecule has 0 saturated carbocycles. The fourth-order valence-corrected chi connectivity index (χ4v) is 2.73. The van der Waals surface area contributed by atoms with Crippen molar-refractivity contribution in [2.24, 2.45) is 0 Å². The van der Waals surface area contributed by atoms with Crippen LogP contribution in [-0.4, -0.2) is 12.5 Å². The third-order valence-electron chi connectivity index (χ3n) is 3.76. The van der Waals surface area contributed by atoms with Crippen LogP contribution in [0.3, 0.4) is 0 Å². The molecule has 0 N–H and O–H groups in total. The zero-order valence-corrected chi connectivity index (χ0v) is 12.7. The molecule has 2 aromatic rings. The lowest BCUT2D eigenvalue weighted by molar-refractivity contribution is -0.113. The Kier molecular flexibility index (Phi) is 4.19. The summed E-state index contributed by atoms with van der Waals surface area (Å²) in [4.78, 5) is 14.5. The largest absolute Gasteiger partial charge is 0.308 e. The topological polar surface area (TPSA) is 20.3 Å². The van der Waals surface area contributed by atoms with Gasteiger partial charge in [0.1, 0.15) is 0 Å². The van der Waals surface area contributed by atoms with E-state index in [1.165, 1.54) is 0 Å². The normalized spacial score (nSPS) is 15.8. The summed E-state index contributed by atoms with van der Waals surface area (Å²) in [7, 11) is 0. The van der Waals surface area contributed by atoms with Crippen molar-refractivity contribution in [1.82, 2.24) is 0 Å². The van der Waals surface area contributed by atoms with E-state index in [9.17, 15) is 4.79 Å². The second-order valence-electron chi connectivity index (χ2n) is 5.32. The van der Waals surface area contributed by atoms with Crippen molar-refractivity contribution in [1.29, 1.82) is 0 Å². The Bertz CT molecular complexity index is 728. The first kappa shape index (κ1) is 14.3. The minimum atomic E-state index is 0.0979. The van der Waals surface area contributed by atoms with Crippen LogP contribution >= 0.6 is 0 Å². The van der Waals surface area contributed by atoms with Crippen LogP contribution in [0.5, 0.6) is 0 Å². The van der Waals surface area contributed by atoms with Gasteiger partial charge >= 0.3 is 0 Å². The molecule has 0 radical (unpaired) electrons. The van der Waals surface area contributed by atoms with Gasteiger partial charge in [0.05, 0.1) is 5.69 Å². The number of rotatable bonds is 4. The second kappa shape index (κ2) is 6.44. The van der Waals surface area contributed by atoms with Crippen LogP contribution in [0.4, 0.5) is 5.69 Å². The van der Waals surface area contributed by atoms with E-state index in [0.717, 1.165) is 35.4 Å². The maximum atomic E-state index is 12.6. The van der Waals surface area contributed by atoms with Crippen LogP contribution in [0.1, 0.15) is 24.5 Å². The van der Waals surface area contributed by atoms with E-state index >= 15 is 0 Å². The lowest BCUT2D eigenvalue weighted by atomic mass is 10.1. The highest BCUT2D eigenvalue weighted by molar-refractivity contribution is 6.32. The number of fused-ring (bicyclic) bond motifs is 1. The van der Waals surface area contributed by atoms with Crippen molar-refractivity contribution in [3.8, 4) is 0 Å². The molecular weight excluding hydrogens is 270 g/mol. The standard InChI is InChI=1S/C20H19NO/c1-2-15-21-19-14-7-6-12-17(19)18(20(21)22)13-8-11-16-9-4-3-5-10-16/h3-14H,2,15H2,1H3/b11-8+,18-13-. The van der Waals surface area contributed by atoms with Crippen molar-refractivity contribution in [2.75, 3.05) is 11.4 Å². The quantitative estimate of drug-likeness (QED) is 0.757. The van der Waals surface area contributed by atoms with Gasteiger partial charge in [0.2, 0.25) is 0 Å². The smallest absolute Gasteiger partial charge is 0.258 e. The minimum absolute atomic E-state index is 0.0979. The van der Waals surface area contributed by atoms with Gasteiger partial charge in [0.25, 0.3) is 5.91 Å². The van der Waals surface area contributed by atoms with Crippen LogP contribution in [0.2, 0.25) is 0 Å². The van der Waals surface area contributed by atoms with Gasteiger partial charge in [-0.2, -0.15) is 0 Å². The van der Waals surface area contributed by atoms with Crippen molar-refractivity contribution < 1.29 is 4.79 Å². The van der Waals surface area contributed by atoms with Gasteiger partial charge in [-0.1, -0.05) is 67.6 Å². The molecule has 0 saturated heterocycles. The highest BCUT2D eigenvalue weighted by Gasteiger charge is 2.30. The first-order valence-corrected chi connectivity index (χ1v) is 7.66. The molecule has 2 nitrogen and oxygen atoms in total. The molecule has 0 bridgehead atoms. The molecule has 22 heavy (non-hydrogen) atoms. The third-order valence-corrected chi connectivity index (χ3v) is 3.76.